The SMILES string of the molecule is [N-]=[N+]=C1C=CC(C=O)=C1. The molecule has 0 aromatic heterocycles. The Bertz CT molecular complexity index is 244. The number of nitrogens with zero attached hydrogens (tertiary/aromatic N) is 2. The van der Waals surface area contributed by atoms with Gasteiger partial charge in [-0.15, -0.1) is 0 Å². The molecule has 0 heterocycles. The lowest BCUT2D eigenvalue weighted by Crippen LogP contribution is -1.83. The molecule has 3 heteroatoms. The minimum Gasteiger partial charge on any atom is -0.361 e. The van der Waals surface area contributed by atoms with Crippen LogP contribution in [0.4, 0.5) is 0 Å². The van der Waals surface area contributed by atoms with Crippen molar-refractivity contribution in [1.82, 2.24) is 0 Å². The Labute approximate surface area is 51.9 Å². The molecule has 0 aromatic carbocycles. The highest BCUT2D eigenvalue weighted by Gasteiger charge is 2.06. The highest BCUT2D eigenvalue weighted by atomic mass is 16.1. The minimum atomic E-state index is 0.414. The predicted molar refractivity (Wildman–Crippen MR) is 31.9 cm³/mol. The van der Waals surface area contributed by atoms with Crippen LogP contribution in [-0.2, 0) is 4.79 Å². The summed E-state index contributed by atoms with van der Waals surface area (Å²) in [6.45, 7) is 0. The molecule has 9 heavy (non-hydrogen) atoms. The summed E-state index contributed by atoms with van der Waals surface area (Å²) in [7, 11) is 0. The highest BCUT2D eigenvalue weighted by Crippen LogP contribution is 2.01. The second kappa shape index (κ2) is 2.20. The average molecular weight is 120 g/mol. The van der Waals surface area contributed by atoms with Gasteiger partial charge in [0, 0.05) is 17.7 Å². The lowest BCUT2D eigenvalue weighted by molar-refractivity contribution is -0.104. The molecule has 0 saturated heterocycles. The number of allylic oxidation sites excluding steroid dienone is 4. The van der Waals surface area contributed by atoms with Crippen LogP contribution in [0.3, 0.4) is 0 Å². The Morgan fingerprint density at radius 3 is 2.67 bits per heavy atom. The molecule has 0 aromatic rings. The normalized spacial score (nSPS) is 15.1. The predicted octanol–water partition coefficient (Wildman–Crippen LogP) is 0.352. The van der Waals surface area contributed by atoms with Crippen molar-refractivity contribution in [3.8, 4) is 0 Å². The fourth-order valence-electron chi connectivity index (χ4n) is 0.584. The zero-order chi connectivity index (χ0) is 6.69. The molecule has 0 radical (unpaired) electrons. The van der Waals surface area contributed by atoms with Gasteiger partial charge in [-0.1, -0.05) is 0 Å². The van der Waals surface area contributed by atoms with Gasteiger partial charge in [-0.05, 0) is 6.08 Å². The third-order valence-corrected chi connectivity index (χ3v) is 1.01. The van der Waals surface area contributed by atoms with Crippen molar-refractivity contribution >= 4 is 12.0 Å². The first kappa shape index (κ1) is 5.66. The molecule has 1 rings (SSSR count). The van der Waals surface area contributed by atoms with Gasteiger partial charge in [0.2, 0.25) is 0 Å². The van der Waals surface area contributed by atoms with Crippen LogP contribution in [0.25, 0.3) is 5.53 Å². The van der Waals surface area contributed by atoms with Gasteiger partial charge in [-0.3, -0.25) is 4.79 Å². The summed E-state index contributed by atoms with van der Waals surface area (Å²) in [5.74, 6) is 0. The molecule has 0 saturated carbocycles. The molecule has 0 fully saturated rings. The van der Waals surface area contributed by atoms with E-state index in [0.717, 1.165) is 0 Å². The maximum absolute atomic E-state index is 10.0. The molecule has 44 valence electrons. The third-order valence-electron chi connectivity index (χ3n) is 1.01. The van der Waals surface area contributed by atoms with Gasteiger partial charge in [0.1, 0.15) is 6.29 Å². The standard InChI is InChI=1S/C6H4N2O/c7-8-6-2-1-5(3-6)4-9/h1-4H. The van der Waals surface area contributed by atoms with Crippen LogP contribution in [0.5, 0.6) is 0 Å². The third kappa shape index (κ3) is 1.01. The second-order valence-corrected chi connectivity index (χ2v) is 1.62. The van der Waals surface area contributed by atoms with Gasteiger partial charge in [0.05, 0.1) is 0 Å². The number of rotatable bonds is 1. The van der Waals surface area contributed by atoms with Gasteiger partial charge in [0.25, 0.3) is 0 Å². The first-order chi connectivity index (χ1) is 4.36. The second-order valence-electron chi connectivity index (χ2n) is 1.62. The first-order valence-electron chi connectivity index (χ1n) is 2.44. The van der Waals surface area contributed by atoms with E-state index in [1.807, 2.05) is 0 Å². The molecule has 0 amide bonds. The van der Waals surface area contributed by atoms with Crippen molar-refractivity contribution in [2.24, 2.45) is 0 Å². The Balaban J connectivity index is 2.99. The molecule has 1 aliphatic carbocycles. The van der Waals surface area contributed by atoms with Crippen molar-refractivity contribution in [2.75, 3.05) is 0 Å². The van der Waals surface area contributed by atoms with E-state index in [9.17, 15) is 4.79 Å². The summed E-state index contributed by atoms with van der Waals surface area (Å²) in [4.78, 5) is 12.9. The van der Waals surface area contributed by atoms with Crippen LogP contribution in [0.2, 0.25) is 0 Å². The van der Waals surface area contributed by atoms with Crippen LogP contribution in [0.15, 0.2) is 23.8 Å². The smallest absolute Gasteiger partial charge is 0.316 e. The van der Waals surface area contributed by atoms with E-state index in [1.165, 1.54) is 6.08 Å². The Kier molecular flexibility index (Phi) is 1.38. The molecule has 0 N–H and O–H groups in total. The van der Waals surface area contributed by atoms with Crippen LogP contribution >= 0.6 is 0 Å². The Morgan fingerprint density at radius 1 is 1.56 bits per heavy atom. The summed E-state index contributed by atoms with van der Waals surface area (Å²) >= 11 is 0. The van der Waals surface area contributed by atoms with Crippen molar-refractivity contribution < 1.29 is 9.58 Å². The van der Waals surface area contributed by atoms with Crippen LogP contribution < -0.4 is 0 Å². The van der Waals surface area contributed by atoms with E-state index in [-0.39, 0.29) is 0 Å². The van der Waals surface area contributed by atoms with E-state index in [4.69, 9.17) is 5.53 Å². The monoisotopic (exact) mass is 120 g/mol. The van der Waals surface area contributed by atoms with Crippen LogP contribution in [-0.4, -0.2) is 16.8 Å². The quantitative estimate of drug-likeness (QED) is 0.280. The molecule has 0 aliphatic heterocycles. The summed E-state index contributed by atoms with van der Waals surface area (Å²) in [5, 5.41) is 0. The van der Waals surface area contributed by atoms with Crippen LogP contribution in [0, 0.1) is 0 Å². The number of aldehydes is 1. The van der Waals surface area contributed by atoms with Crippen molar-refractivity contribution in [3.63, 3.8) is 0 Å². The maximum atomic E-state index is 10.0. The Morgan fingerprint density at radius 2 is 2.33 bits per heavy atom. The van der Waals surface area contributed by atoms with Crippen molar-refractivity contribution in [3.05, 3.63) is 29.3 Å². The van der Waals surface area contributed by atoms with Gasteiger partial charge in [0.15, 0.2) is 0 Å². The molecule has 0 spiro atoms. The maximum Gasteiger partial charge on any atom is 0.316 e. The van der Waals surface area contributed by atoms with Gasteiger partial charge in [-0.25, -0.2) is 0 Å². The number of carbonyl (C=O) groups excluding carboxylic acids is 1. The lowest BCUT2D eigenvalue weighted by Gasteiger charge is -1.70. The summed E-state index contributed by atoms with van der Waals surface area (Å²) in [5.41, 5.74) is 9.10. The summed E-state index contributed by atoms with van der Waals surface area (Å²) in [6.07, 6.45) is 5.34. The highest BCUT2D eigenvalue weighted by molar-refractivity contribution is 6.08. The molecule has 3 nitrogen and oxygen atoms in total. The average Bonchev–Trinajstić information content (AvgIpc) is 2.34. The Hall–Kier alpha value is -1.47. The fraction of sp³-hybridized carbons (Fsp3) is 0. The van der Waals surface area contributed by atoms with E-state index in [0.29, 0.717) is 17.6 Å². The molecular formula is C6H4N2O. The number of carbonyl (C=O) groups is 1. The minimum absolute atomic E-state index is 0.414. The summed E-state index contributed by atoms with van der Waals surface area (Å²) in [6, 6.07) is 0. The van der Waals surface area contributed by atoms with E-state index < -0.39 is 0 Å². The molecule has 1 aliphatic rings. The zero-order valence-electron chi connectivity index (χ0n) is 4.61. The molecule has 0 atom stereocenters. The zero-order valence-corrected chi connectivity index (χ0v) is 4.61. The largest absolute Gasteiger partial charge is 0.361 e. The van der Waals surface area contributed by atoms with E-state index in [2.05, 4.69) is 4.79 Å². The van der Waals surface area contributed by atoms with Gasteiger partial charge in [-0.2, -0.15) is 4.79 Å². The van der Waals surface area contributed by atoms with Crippen LogP contribution in [0.1, 0.15) is 0 Å². The number of hydrogen-bond acceptors (Lipinski definition) is 1. The first-order valence-corrected chi connectivity index (χ1v) is 2.44. The van der Waals surface area contributed by atoms with E-state index >= 15 is 0 Å². The number of hydrogen-bond donors (Lipinski definition) is 0. The van der Waals surface area contributed by atoms with Crippen molar-refractivity contribution in [2.45, 2.75) is 0 Å². The molecule has 0 bridgehead atoms. The topological polar surface area (TPSA) is 53.5 Å². The van der Waals surface area contributed by atoms with E-state index in [1.54, 1.807) is 12.2 Å². The molecule has 0 unspecified atom stereocenters. The molecular weight excluding hydrogens is 116 g/mol. The fourth-order valence-corrected chi connectivity index (χ4v) is 0.584. The van der Waals surface area contributed by atoms with Gasteiger partial charge >= 0.3 is 5.71 Å². The summed E-state index contributed by atoms with van der Waals surface area (Å²) < 4.78 is 0. The van der Waals surface area contributed by atoms with Gasteiger partial charge < -0.3 is 5.53 Å². The van der Waals surface area contributed by atoms with Crippen molar-refractivity contribution in [1.29, 1.82) is 0 Å². The lowest BCUT2D eigenvalue weighted by atomic mass is 10.3.